The molecule has 2 atom stereocenters. The van der Waals surface area contributed by atoms with E-state index >= 15 is 0 Å². The minimum absolute atomic E-state index is 0.155. The van der Waals surface area contributed by atoms with Gasteiger partial charge in [0.2, 0.25) is 11.8 Å². The van der Waals surface area contributed by atoms with E-state index in [4.69, 9.17) is 0 Å². The first kappa shape index (κ1) is 12.9. The van der Waals surface area contributed by atoms with Crippen LogP contribution >= 0.6 is 0 Å². The summed E-state index contributed by atoms with van der Waals surface area (Å²) in [7, 11) is 0. The van der Waals surface area contributed by atoms with Gasteiger partial charge >= 0.3 is 0 Å². The first-order valence-corrected chi connectivity index (χ1v) is 7.90. The summed E-state index contributed by atoms with van der Waals surface area (Å²) in [6.45, 7) is 2.12. The van der Waals surface area contributed by atoms with Gasteiger partial charge in [0, 0.05) is 32.0 Å². The molecule has 4 rings (SSSR count). The van der Waals surface area contributed by atoms with Gasteiger partial charge in [0.25, 0.3) is 0 Å². The van der Waals surface area contributed by atoms with Gasteiger partial charge in [-0.1, -0.05) is 24.3 Å². The fourth-order valence-electron chi connectivity index (χ4n) is 3.99. The maximum absolute atomic E-state index is 12.7. The van der Waals surface area contributed by atoms with Crippen LogP contribution in [0.3, 0.4) is 0 Å². The van der Waals surface area contributed by atoms with Gasteiger partial charge in [-0.25, -0.2) is 0 Å². The van der Waals surface area contributed by atoms with Crippen LogP contribution in [-0.2, 0) is 16.0 Å². The predicted molar refractivity (Wildman–Crippen MR) is 78.8 cm³/mol. The lowest BCUT2D eigenvalue weighted by Crippen LogP contribution is -2.45. The molecule has 4 heteroatoms. The van der Waals surface area contributed by atoms with Gasteiger partial charge in [0.15, 0.2) is 0 Å². The molecular formula is C17H20N2O2. The third-order valence-electron chi connectivity index (χ3n) is 5.17. The summed E-state index contributed by atoms with van der Waals surface area (Å²) >= 11 is 0. The highest BCUT2D eigenvalue weighted by Crippen LogP contribution is 2.36. The second kappa shape index (κ2) is 4.86. The van der Waals surface area contributed by atoms with Crippen LogP contribution in [0.4, 0.5) is 0 Å². The van der Waals surface area contributed by atoms with Crippen LogP contribution in [0.15, 0.2) is 24.3 Å². The van der Waals surface area contributed by atoms with Crippen molar-refractivity contribution in [1.29, 1.82) is 0 Å². The van der Waals surface area contributed by atoms with Crippen molar-refractivity contribution in [3.05, 3.63) is 35.4 Å². The highest BCUT2D eigenvalue weighted by Gasteiger charge is 2.40. The van der Waals surface area contributed by atoms with E-state index in [9.17, 15) is 9.59 Å². The molecule has 3 aliphatic rings. The molecule has 0 radical (unpaired) electrons. The minimum Gasteiger partial charge on any atom is -0.340 e. The summed E-state index contributed by atoms with van der Waals surface area (Å²) in [6.07, 6.45) is 3.34. The van der Waals surface area contributed by atoms with E-state index in [1.54, 1.807) is 4.90 Å². The molecule has 0 N–H and O–H groups in total. The summed E-state index contributed by atoms with van der Waals surface area (Å²) in [5, 5.41) is 0. The van der Waals surface area contributed by atoms with Crippen molar-refractivity contribution in [1.82, 2.24) is 9.80 Å². The number of benzene rings is 1. The van der Waals surface area contributed by atoms with Crippen LogP contribution in [0.2, 0.25) is 0 Å². The molecule has 2 fully saturated rings. The van der Waals surface area contributed by atoms with Crippen molar-refractivity contribution in [2.24, 2.45) is 0 Å². The molecule has 21 heavy (non-hydrogen) atoms. The van der Waals surface area contributed by atoms with Crippen molar-refractivity contribution in [3.8, 4) is 0 Å². The second-order valence-electron chi connectivity index (χ2n) is 6.38. The fraction of sp³-hybridized carbons (Fsp3) is 0.529. The fourth-order valence-corrected chi connectivity index (χ4v) is 3.99. The van der Waals surface area contributed by atoms with E-state index in [0.717, 1.165) is 32.4 Å². The zero-order valence-electron chi connectivity index (χ0n) is 12.1. The van der Waals surface area contributed by atoms with Gasteiger partial charge in [0.05, 0.1) is 0 Å². The summed E-state index contributed by atoms with van der Waals surface area (Å²) < 4.78 is 0. The molecule has 2 heterocycles. The number of hydrogen-bond donors (Lipinski definition) is 0. The summed E-state index contributed by atoms with van der Waals surface area (Å²) in [5.74, 6) is 0.776. The largest absolute Gasteiger partial charge is 0.340 e. The van der Waals surface area contributed by atoms with E-state index in [1.807, 2.05) is 4.90 Å². The van der Waals surface area contributed by atoms with E-state index in [1.165, 1.54) is 11.1 Å². The predicted octanol–water partition coefficient (Wildman–Crippen LogP) is 1.55. The third kappa shape index (κ3) is 2.04. The Balaban J connectivity index is 1.51. The van der Waals surface area contributed by atoms with Gasteiger partial charge in [-0.2, -0.15) is 0 Å². The van der Waals surface area contributed by atoms with Gasteiger partial charge in [-0.05, 0) is 30.4 Å². The number of amides is 2. The van der Waals surface area contributed by atoms with E-state index < -0.39 is 0 Å². The number of carbonyl (C=O) groups excluding carboxylic acids is 2. The highest BCUT2D eigenvalue weighted by molar-refractivity contribution is 5.90. The number of carbonyl (C=O) groups is 2. The topological polar surface area (TPSA) is 40.6 Å². The van der Waals surface area contributed by atoms with Crippen LogP contribution in [-0.4, -0.2) is 47.3 Å². The van der Waals surface area contributed by atoms with Crippen molar-refractivity contribution < 1.29 is 9.59 Å². The molecule has 2 unspecified atom stereocenters. The average molecular weight is 284 g/mol. The average Bonchev–Trinajstić information content (AvgIpc) is 2.92. The van der Waals surface area contributed by atoms with Crippen molar-refractivity contribution in [3.63, 3.8) is 0 Å². The Morgan fingerprint density at radius 3 is 2.86 bits per heavy atom. The van der Waals surface area contributed by atoms with Gasteiger partial charge < -0.3 is 9.80 Å². The smallest absolute Gasteiger partial charge is 0.245 e. The lowest BCUT2D eigenvalue weighted by molar-refractivity contribution is -0.139. The Morgan fingerprint density at radius 2 is 2.00 bits per heavy atom. The lowest BCUT2D eigenvalue weighted by atomic mass is 9.77. The Morgan fingerprint density at radius 1 is 1.14 bits per heavy atom. The highest BCUT2D eigenvalue weighted by atomic mass is 16.2. The van der Waals surface area contributed by atoms with Crippen molar-refractivity contribution in [2.75, 3.05) is 19.6 Å². The SMILES string of the molecule is O=C1C2CCCN2C(=O)CCN1CC1Cc2ccccc21. The lowest BCUT2D eigenvalue weighted by Gasteiger charge is -2.35. The Labute approximate surface area is 124 Å². The zero-order chi connectivity index (χ0) is 14.4. The number of nitrogens with zero attached hydrogens (tertiary/aromatic N) is 2. The molecule has 2 amide bonds. The van der Waals surface area contributed by atoms with Gasteiger partial charge in [-0.15, -0.1) is 0 Å². The molecule has 1 aromatic rings. The molecular weight excluding hydrogens is 264 g/mol. The van der Waals surface area contributed by atoms with Crippen LogP contribution in [0, 0.1) is 0 Å². The third-order valence-corrected chi connectivity index (χ3v) is 5.17. The molecule has 0 spiro atoms. The molecule has 1 aromatic carbocycles. The van der Waals surface area contributed by atoms with Crippen molar-refractivity contribution in [2.45, 2.75) is 37.6 Å². The Bertz CT molecular complexity index is 598. The van der Waals surface area contributed by atoms with Crippen molar-refractivity contribution >= 4 is 11.8 Å². The standard InChI is InChI=1S/C17H20N2O2/c20-16-7-9-18(17(21)15-6-3-8-19(15)16)11-13-10-12-4-1-2-5-14(12)13/h1-2,4-5,13,15H,3,6-11H2. The van der Waals surface area contributed by atoms with Crippen LogP contribution in [0.1, 0.15) is 36.3 Å². The quantitative estimate of drug-likeness (QED) is 0.827. The number of fused-ring (bicyclic) bond motifs is 2. The minimum atomic E-state index is -0.185. The van der Waals surface area contributed by atoms with Crippen LogP contribution < -0.4 is 0 Å². The molecule has 2 aliphatic heterocycles. The monoisotopic (exact) mass is 284 g/mol. The first-order valence-electron chi connectivity index (χ1n) is 7.90. The molecule has 0 aromatic heterocycles. The number of hydrogen-bond acceptors (Lipinski definition) is 2. The summed E-state index contributed by atoms with van der Waals surface area (Å²) in [4.78, 5) is 28.5. The Kier molecular flexibility index (Phi) is 2.98. The number of rotatable bonds is 2. The van der Waals surface area contributed by atoms with E-state index in [0.29, 0.717) is 18.9 Å². The molecule has 0 bridgehead atoms. The molecule has 1 aliphatic carbocycles. The maximum atomic E-state index is 12.7. The van der Waals surface area contributed by atoms with E-state index in [-0.39, 0.29) is 17.9 Å². The maximum Gasteiger partial charge on any atom is 0.245 e. The summed E-state index contributed by atoms with van der Waals surface area (Å²) in [5.41, 5.74) is 2.78. The zero-order valence-corrected chi connectivity index (χ0v) is 12.1. The van der Waals surface area contributed by atoms with Crippen LogP contribution in [0.25, 0.3) is 0 Å². The molecule has 2 saturated heterocycles. The molecule has 4 nitrogen and oxygen atoms in total. The molecule has 0 saturated carbocycles. The van der Waals surface area contributed by atoms with Gasteiger partial charge in [0.1, 0.15) is 6.04 Å². The Hall–Kier alpha value is -1.84. The van der Waals surface area contributed by atoms with Crippen LogP contribution in [0.5, 0.6) is 0 Å². The second-order valence-corrected chi connectivity index (χ2v) is 6.38. The van der Waals surface area contributed by atoms with Gasteiger partial charge in [-0.3, -0.25) is 9.59 Å². The van der Waals surface area contributed by atoms with E-state index in [2.05, 4.69) is 24.3 Å². The first-order chi connectivity index (χ1) is 10.2. The summed E-state index contributed by atoms with van der Waals surface area (Å²) in [6, 6.07) is 8.28. The normalized spacial score (nSPS) is 28.0. The molecule has 110 valence electrons.